The highest BCUT2D eigenvalue weighted by molar-refractivity contribution is 7.99. The van der Waals surface area contributed by atoms with Crippen molar-refractivity contribution in [2.24, 2.45) is 0 Å². The molecule has 1 aromatic heterocycles. The van der Waals surface area contributed by atoms with Crippen molar-refractivity contribution in [1.82, 2.24) is 20.2 Å². The van der Waals surface area contributed by atoms with Gasteiger partial charge in [-0.05, 0) is 47.2 Å². The number of carbonyl (C=O) groups excluding carboxylic acids is 2. The number of aryl methyl sites for hydroxylation is 1. The first kappa shape index (κ1) is 18.6. The Labute approximate surface area is 160 Å². The van der Waals surface area contributed by atoms with Crippen LogP contribution in [-0.4, -0.2) is 37.8 Å². The molecule has 0 saturated carbocycles. The predicted octanol–water partition coefficient (Wildman–Crippen LogP) is 2.66. The van der Waals surface area contributed by atoms with Crippen molar-refractivity contribution in [1.29, 1.82) is 0 Å². The molecule has 0 unspecified atom stereocenters. The number of aromatic nitrogens is 4. The third-order valence-corrected chi connectivity index (χ3v) is 4.52. The Kier molecular flexibility index (Phi) is 5.82. The highest BCUT2D eigenvalue weighted by Crippen LogP contribution is 2.21. The largest absolute Gasteiger partial charge is 0.326 e. The predicted molar refractivity (Wildman–Crippen MR) is 104 cm³/mol. The normalized spacial score (nSPS) is 10.4. The molecule has 0 fully saturated rings. The van der Waals surface area contributed by atoms with Crippen molar-refractivity contribution in [3.63, 3.8) is 0 Å². The topological polar surface area (TPSA) is 102 Å². The van der Waals surface area contributed by atoms with Crippen LogP contribution in [0.3, 0.4) is 0 Å². The van der Waals surface area contributed by atoms with E-state index >= 15 is 0 Å². The van der Waals surface area contributed by atoms with Crippen LogP contribution in [0.1, 0.15) is 12.5 Å². The zero-order valence-corrected chi connectivity index (χ0v) is 15.7. The van der Waals surface area contributed by atoms with Crippen molar-refractivity contribution in [2.45, 2.75) is 19.0 Å². The number of benzene rings is 2. The summed E-state index contributed by atoms with van der Waals surface area (Å²) in [5, 5.41) is 17.7. The first-order valence-electron chi connectivity index (χ1n) is 8.17. The Balaban J connectivity index is 1.68. The number of nitrogens with zero attached hydrogens (tertiary/aromatic N) is 4. The molecule has 0 aliphatic rings. The smallest absolute Gasteiger partial charge is 0.234 e. The number of carbonyl (C=O) groups is 2. The van der Waals surface area contributed by atoms with Crippen LogP contribution in [-0.2, 0) is 9.59 Å². The van der Waals surface area contributed by atoms with Crippen molar-refractivity contribution in [3.05, 3.63) is 54.1 Å². The van der Waals surface area contributed by atoms with Gasteiger partial charge in [0.25, 0.3) is 0 Å². The zero-order chi connectivity index (χ0) is 19.2. The highest BCUT2D eigenvalue weighted by Gasteiger charge is 2.13. The van der Waals surface area contributed by atoms with Gasteiger partial charge in [-0.3, -0.25) is 9.59 Å². The van der Waals surface area contributed by atoms with Gasteiger partial charge in [-0.25, -0.2) is 0 Å². The number of para-hydroxylation sites is 1. The summed E-state index contributed by atoms with van der Waals surface area (Å²) in [4.78, 5) is 23.4. The highest BCUT2D eigenvalue weighted by atomic mass is 32.2. The molecule has 2 N–H and O–H groups in total. The van der Waals surface area contributed by atoms with Crippen LogP contribution in [0.5, 0.6) is 0 Å². The van der Waals surface area contributed by atoms with Gasteiger partial charge in [0, 0.05) is 18.3 Å². The van der Waals surface area contributed by atoms with Gasteiger partial charge in [-0.2, -0.15) is 4.68 Å². The lowest BCUT2D eigenvalue weighted by Crippen LogP contribution is -2.15. The van der Waals surface area contributed by atoms with E-state index in [2.05, 4.69) is 26.2 Å². The first-order valence-corrected chi connectivity index (χ1v) is 9.16. The molecule has 138 valence electrons. The lowest BCUT2D eigenvalue weighted by Gasteiger charge is -2.08. The summed E-state index contributed by atoms with van der Waals surface area (Å²) in [5.74, 6) is -0.137. The number of thioether (sulfide) groups is 1. The molecule has 3 aromatic rings. The second-order valence-corrected chi connectivity index (χ2v) is 6.70. The molecule has 3 rings (SSSR count). The number of amides is 2. The van der Waals surface area contributed by atoms with E-state index in [1.165, 1.54) is 23.4 Å². The fourth-order valence-corrected chi connectivity index (χ4v) is 3.07. The Morgan fingerprint density at radius 1 is 1.11 bits per heavy atom. The fourth-order valence-electron chi connectivity index (χ4n) is 2.38. The molecule has 0 spiro atoms. The van der Waals surface area contributed by atoms with Gasteiger partial charge in [0.15, 0.2) is 0 Å². The minimum atomic E-state index is -0.161. The molecule has 0 saturated heterocycles. The second-order valence-electron chi connectivity index (χ2n) is 5.76. The third kappa shape index (κ3) is 4.91. The van der Waals surface area contributed by atoms with E-state index in [-0.39, 0.29) is 17.6 Å². The number of tetrazole rings is 1. The van der Waals surface area contributed by atoms with Crippen LogP contribution >= 0.6 is 11.8 Å². The van der Waals surface area contributed by atoms with E-state index in [4.69, 9.17) is 0 Å². The Bertz CT molecular complexity index is 972. The van der Waals surface area contributed by atoms with Crippen LogP contribution in [0.15, 0.2) is 53.7 Å². The van der Waals surface area contributed by atoms with Crippen molar-refractivity contribution in [3.8, 4) is 5.69 Å². The maximum absolute atomic E-state index is 12.2. The van der Waals surface area contributed by atoms with Crippen LogP contribution in [0, 0.1) is 6.92 Å². The van der Waals surface area contributed by atoms with Gasteiger partial charge in [0.1, 0.15) is 0 Å². The molecule has 0 radical (unpaired) electrons. The molecule has 0 aliphatic heterocycles. The molecular weight excluding hydrogens is 364 g/mol. The van der Waals surface area contributed by atoms with E-state index in [1.54, 1.807) is 18.2 Å². The number of rotatable bonds is 6. The zero-order valence-electron chi connectivity index (χ0n) is 14.8. The molecule has 2 aromatic carbocycles. The Morgan fingerprint density at radius 2 is 1.93 bits per heavy atom. The average molecular weight is 382 g/mol. The maximum atomic E-state index is 12.2. The van der Waals surface area contributed by atoms with Gasteiger partial charge in [-0.1, -0.05) is 36.0 Å². The van der Waals surface area contributed by atoms with E-state index < -0.39 is 0 Å². The molecule has 0 bridgehead atoms. The van der Waals surface area contributed by atoms with Gasteiger partial charge in [0.2, 0.25) is 17.0 Å². The first-order chi connectivity index (χ1) is 13.0. The quantitative estimate of drug-likeness (QED) is 0.636. The van der Waals surface area contributed by atoms with Gasteiger partial charge in [0.05, 0.1) is 11.4 Å². The number of nitrogens with one attached hydrogen (secondary N) is 2. The molecular formula is C18H18N6O2S. The molecule has 2 amide bonds. The molecule has 1 heterocycles. The van der Waals surface area contributed by atoms with Crippen molar-refractivity contribution in [2.75, 3.05) is 16.4 Å². The van der Waals surface area contributed by atoms with Crippen molar-refractivity contribution >= 4 is 35.0 Å². The monoisotopic (exact) mass is 382 g/mol. The summed E-state index contributed by atoms with van der Waals surface area (Å²) in [6.07, 6.45) is 0. The molecule has 27 heavy (non-hydrogen) atoms. The van der Waals surface area contributed by atoms with E-state index in [0.29, 0.717) is 16.5 Å². The minimum absolute atomic E-state index is 0.143. The molecule has 0 aliphatic carbocycles. The molecule has 8 nitrogen and oxygen atoms in total. The number of hydrogen-bond donors (Lipinski definition) is 2. The maximum Gasteiger partial charge on any atom is 0.234 e. The van der Waals surface area contributed by atoms with E-state index in [9.17, 15) is 9.59 Å². The van der Waals surface area contributed by atoms with Gasteiger partial charge < -0.3 is 10.6 Å². The lowest BCUT2D eigenvalue weighted by molar-refractivity contribution is -0.114. The number of hydrogen-bond acceptors (Lipinski definition) is 6. The minimum Gasteiger partial charge on any atom is -0.326 e. The molecule has 0 atom stereocenters. The summed E-state index contributed by atoms with van der Waals surface area (Å²) in [5.41, 5.74) is 3.11. The van der Waals surface area contributed by atoms with Crippen LogP contribution in [0.25, 0.3) is 5.69 Å². The van der Waals surface area contributed by atoms with Crippen LogP contribution in [0.2, 0.25) is 0 Å². The van der Waals surface area contributed by atoms with Crippen LogP contribution in [0.4, 0.5) is 11.4 Å². The van der Waals surface area contributed by atoms with Crippen LogP contribution < -0.4 is 10.6 Å². The van der Waals surface area contributed by atoms with Gasteiger partial charge in [-0.15, -0.1) is 5.10 Å². The summed E-state index contributed by atoms with van der Waals surface area (Å²) < 4.78 is 1.52. The van der Waals surface area contributed by atoms with Gasteiger partial charge >= 0.3 is 0 Å². The lowest BCUT2D eigenvalue weighted by atomic mass is 10.2. The second kappa shape index (κ2) is 8.45. The Hall–Kier alpha value is -3.20. The summed E-state index contributed by atoms with van der Waals surface area (Å²) in [7, 11) is 0. The van der Waals surface area contributed by atoms with Crippen molar-refractivity contribution < 1.29 is 9.59 Å². The summed E-state index contributed by atoms with van der Waals surface area (Å²) >= 11 is 1.23. The van der Waals surface area contributed by atoms with E-state index in [1.807, 2.05) is 37.3 Å². The number of anilines is 2. The average Bonchev–Trinajstić information content (AvgIpc) is 3.10. The summed E-state index contributed by atoms with van der Waals surface area (Å²) in [6.45, 7) is 3.38. The fraction of sp³-hybridized carbons (Fsp3) is 0.167. The van der Waals surface area contributed by atoms with E-state index in [0.717, 1.165) is 11.3 Å². The standard InChI is InChI=1S/C18H18N6O2S/c1-12-6-3-4-9-16(12)20-17(26)11-27-18-21-22-23-24(18)15-8-5-7-14(10-15)19-13(2)25/h3-10H,11H2,1-2H3,(H,19,25)(H,20,26). The third-order valence-electron chi connectivity index (χ3n) is 3.60. The SMILES string of the molecule is CC(=O)Nc1cccc(-n2nnnc2SCC(=O)Nc2ccccc2C)c1. The molecule has 9 heteroatoms. The Morgan fingerprint density at radius 3 is 2.70 bits per heavy atom. The summed E-state index contributed by atoms with van der Waals surface area (Å²) in [6, 6.07) is 14.7.